The Kier molecular flexibility index (Phi) is 5.81. The van der Waals surface area contributed by atoms with Crippen LogP contribution in [0.3, 0.4) is 0 Å². The van der Waals surface area contributed by atoms with Gasteiger partial charge in [-0.25, -0.2) is 0 Å². The van der Waals surface area contributed by atoms with E-state index >= 15 is 0 Å². The Morgan fingerprint density at radius 3 is 2.95 bits per heavy atom. The maximum Gasteiger partial charge on any atom is 0.258 e. The second kappa shape index (κ2) is 7.61. The van der Waals surface area contributed by atoms with E-state index in [2.05, 4.69) is 28.9 Å². The summed E-state index contributed by atoms with van der Waals surface area (Å²) in [6.45, 7) is 6.49. The predicted octanol–water partition coefficient (Wildman–Crippen LogP) is 2.09. The fourth-order valence-electron chi connectivity index (χ4n) is 1.82. The van der Waals surface area contributed by atoms with Gasteiger partial charge in [-0.3, -0.25) is 4.79 Å². The van der Waals surface area contributed by atoms with Crippen molar-refractivity contribution in [2.24, 2.45) is 5.92 Å². The molecule has 1 heterocycles. The van der Waals surface area contributed by atoms with Crippen LogP contribution in [-0.2, 0) is 4.74 Å². The van der Waals surface area contributed by atoms with Gasteiger partial charge in [0.05, 0.1) is 0 Å². The number of nitrogens with one attached hydrogen (secondary N) is 2. The van der Waals surface area contributed by atoms with Crippen LogP contribution in [0.1, 0.15) is 43.5 Å². The normalized spacial score (nSPS) is 14.4. The molecule has 0 bridgehead atoms. The monoisotopic (exact) mass is 312 g/mol. The minimum atomic E-state index is -0.123. The minimum absolute atomic E-state index is 0.123. The summed E-state index contributed by atoms with van der Waals surface area (Å²) in [4.78, 5) is 12.1. The minimum Gasteiger partial charge on any atom is -0.382 e. The van der Waals surface area contributed by atoms with E-state index < -0.39 is 0 Å². The van der Waals surface area contributed by atoms with Crippen molar-refractivity contribution in [2.75, 3.05) is 30.8 Å². The van der Waals surface area contributed by atoms with E-state index in [-0.39, 0.29) is 5.91 Å². The van der Waals surface area contributed by atoms with Crippen molar-refractivity contribution in [3.05, 3.63) is 5.56 Å². The fourth-order valence-corrected chi connectivity index (χ4v) is 2.56. The number of aromatic nitrogens is 1. The molecule has 0 aliphatic heterocycles. The third-order valence-electron chi connectivity index (χ3n) is 3.06. The molecule has 0 atom stereocenters. The SMILES string of the molecule is CC(C)COCCCNc1snc(N)c1C(=O)NC1CC1. The standard InChI is InChI=1S/C14H24N4O2S/c1-9(2)8-20-7-3-6-16-14-11(12(15)18-21-14)13(19)17-10-4-5-10/h9-10,16H,3-8H2,1-2H3,(H2,15,18)(H,17,19). The third-order valence-corrected chi connectivity index (χ3v) is 3.88. The molecule has 1 aromatic heterocycles. The van der Waals surface area contributed by atoms with Gasteiger partial charge in [-0.05, 0) is 36.7 Å². The summed E-state index contributed by atoms with van der Waals surface area (Å²) in [5.41, 5.74) is 6.28. The maximum absolute atomic E-state index is 12.1. The highest BCUT2D eigenvalue weighted by Gasteiger charge is 2.27. The number of hydrogen-bond donors (Lipinski definition) is 3. The average molecular weight is 312 g/mol. The Hall–Kier alpha value is -1.34. The molecule has 1 fully saturated rings. The van der Waals surface area contributed by atoms with Gasteiger partial charge in [0.15, 0.2) is 5.82 Å². The molecule has 118 valence electrons. The molecular weight excluding hydrogens is 288 g/mol. The van der Waals surface area contributed by atoms with Gasteiger partial charge in [-0.2, -0.15) is 4.37 Å². The highest BCUT2D eigenvalue weighted by molar-refractivity contribution is 7.11. The lowest BCUT2D eigenvalue weighted by Gasteiger charge is -2.09. The largest absolute Gasteiger partial charge is 0.382 e. The lowest BCUT2D eigenvalue weighted by atomic mass is 10.2. The Labute approximate surface area is 129 Å². The van der Waals surface area contributed by atoms with Gasteiger partial charge in [-0.1, -0.05) is 13.8 Å². The second-order valence-corrected chi connectivity index (χ2v) is 6.54. The van der Waals surface area contributed by atoms with Crippen molar-refractivity contribution in [1.82, 2.24) is 9.69 Å². The number of carbonyl (C=O) groups excluding carboxylic acids is 1. The molecule has 0 spiro atoms. The van der Waals surface area contributed by atoms with Crippen molar-refractivity contribution < 1.29 is 9.53 Å². The zero-order valence-corrected chi connectivity index (χ0v) is 13.5. The van der Waals surface area contributed by atoms with Crippen LogP contribution in [0.5, 0.6) is 0 Å². The first-order valence-electron chi connectivity index (χ1n) is 7.45. The van der Waals surface area contributed by atoms with Gasteiger partial charge in [0, 0.05) is 25.8 Å². The molecule has 1 aliphatic rings. The highest BCUT2D eigenvalue weighted by Crippen LogP contribution is 2.28. The van der Waals surface area contributed by atoms with E-state index in [1.807, 2.05) is 0 Å². The predicted molar refractivity (Wildman–Crippen MR) is 85.8 cm³/mol. The highest BCUT2D eigenvalue weighted by atomic mass is 32.1. The first-order chi connectivity index (χ1) is 10.1. The van der Waals surface area contributed by atoms with Crippen LogP contribution in [0.4, 0.5) is 10.8 Å². The van der Waals surface area contributed by atoms with Crippen molar-refractivity contribution in [2.45, 2.75) is 39.2 Å². The summed E-state index contributed by atoms with van der Waals surface area (Å²) in [6.07, 6.45) is 2.99. The van der Waals surface area contributed by atoms with Crippen molar-refractivity contribution in [3.8, 4) is 0 Å². The molecule has 7 heteroatoms. The smallest absolute Gasteiger partial charge is 0.258 e. The lowest BCUT2D eigenvalue weighted by Crippen LogP contribution is -2.26. The van der Waals surface area contributed by atoms with E-state index in [4.69, 9.17) is 10.5 Å². The fraction of sp³-hybridized carbons (Fsp3) is 0.714. The molecule has 1 aliphatic carbocycles. The zero-order valence-electron chi connectivity index (χ0n) is 12.6. The summed E-state index contributed by atoms with van der Waals surface area (Å²) < 4.78 is 9.59. The van der Waals surface area contributed by atoms with E-state index in [1.165, 1.54) is 11.5 Å². The number of anilines is 2. The van der Waals surface area contributed by atoms with Gasteiger partial charge < -0.3 is 21.1 Å². The Morgan fingerprint density at radius 2 is 2.29 bits per heavy atom. The van der Waals surface area contributed by atoms with Crippen LogP contribution in [0.2, 0.25) is 0 Å². The Balaban J connectivity index is 1.76. The quantitative estimate of drug-likeness (QED) is 0.608. The number of hydrogen-bond acceptors (Lipinski definition) is 6. The molecule has 1 amide bonds. The molecule has 0 saturated heterocycles. The van der Waals surface area contributed by atoms with Crippen molar-refractivity contribution in [3.63, 3.8) is 0 Å². The summed E-state index contributed by atoms with van der Waals surface area (Å²) in [5, 5.41) is 6.92. The van der Waals surface area contributed by atoms with Crippen LogP contribution in [0.15, 0.2) is 0 Å². The number of nitrogen functional groups attached to an aromatic ring is 1. The van der Waals surface area contributed by atoms with Gasteiger partial charge in [0.2, 0.25) is 0 Å². The number of amides is 1. The molecule has 21 heavy (non-hydrogen) atoms. The summed E-state index contributed by atoms with van der Waals surface area (Å²) in [6, 6.07) is 0.314. The Morgan fingerprint density at radius 1 is 1.52 bits per heavy atom. The van der Waals surface area contributed by atoms with Crippen molar-refractivity contribution in [1.29, 1.82) is 0 Å². The summed E-state index contributed by atoms with van der Waals surface area (Å²) >= 11 is 1.23. The van der Waals surface area contributed by atoms with E-state index in [0.717, 1.165) is 37.4 Å². The van der Waals surface area contributed by atoms with E-state index in [9.17, 15) is 4.79 Å². The summed E-state index contributed by atoms with van der Waals surface area (Å²) in [5.74, 6) is 0.732. The van der Waals surface area contributed by atoms with Gasteiger partial charge in [-0.15, -0.1) is 0 Å². The molecule has 4 N–H and O–H groups in total. The molecule has 1 saturated carbocycles. The molecule has 6 nitrogen and oxygen atoms in total. The number of carbonyl (C=O) groups is 1. The second-order valence-electron chi connectivity index (χ2n) is 5.77. The van der Waals surface area contributed by atoms with E-state index in [1.54, 1.807) is 0 Å². The first-order valence-corrected chi connectivity index (χ1v) is 8.23. The van der Waals surface area contributed by atoms with Gasteiger partial charge in [0.25, 0.3) is 5.91 Å². The number of nitrogens with two attached hydrogens (primary N) is 1. The number of ether oxygens (including phenoxy) is 1. The summed E-state index contributed by atoms with van der Waals surface area (Å²) in [7, 11) is 0. The third kappa shape index (κ3) is 5.17. The van der Waals surface area contributed by atoms with E-state index in [0.29, 0.717) is 29.9 Å². The average Bonchev–Trinajstić information content (AvgIpc) is 3.15. The van der Waals surface area contributed by atoms with Crippen LogP contribution in [0.25, 0.3) is 0 Å². The van der Waals surface area contributed by atoms with Crippen molar-refractivity contribution >= 4 is 28.3 Å². The lowest BCUT2D eigenvalue weighted by molar-refractivity contribution is 0.0953. The number of rotatable bonds is 9. The molecule has 0 aromatic carbocycles. The van der Waals surface area contributed by atoms with Crippen LogP contribution in [-0.4, -0.2) is 36.1 Å². The van der Waals surface area contributed by atoms with Crippen LogP contribution < -0.4 is 16.4 Å². The molecular formula is C14H24N4O2S. The number of nitrogens with zero attached hydrogens (tertiary/aromatic N) is 1. The molecule has 0 unspecified atom stereocenters. The van der Waals surface area contributed by atoms with Crippen LogP contribution >= 0.6 is 11.5 Å². The van der Waals surface area contributed by atoms with Gasteiger partial charge >= 0.3 is 0 Å². The first kappa shape index (κ1) is 16.0. The molecule has 2 rings (SSSR count). The maximum atomic E-state index is 12.1. The zero-order chi connectivity index (χ0) is 15.2. The topological polar surface area (TPSA) is 89.3 Å². The molecule has 1 aromatic rings. The molecule has 0 radical (unpaired) electrons. The Bertz CT molecular complexity index is 472. The van der Waals surface area contributed by atoms with Gasteiger partial charge in [0.1, 0.15) is 10.6 Å². The van der Waals surface area contributed by atoms with Crippen LogP contribution in [0, 0.1) is 5.92 Å².